The lowest BCUT2D eigenvalue weighted by Crippen LogP contribution is -2.37. The largest absolute Gasteiger partial charge is 0.458 e. The molecule has 11 atom stereocenters. The summed E-state index contributed by atoms with van der Waals surface area (Å²) in [6.07, 6.45) is 14.2. The van der Waals surface area contributed by atoms with Crippen molar-refractivity contribution in [2.45, 2.75) is 97.7 Å². The van der Waals surface area contributed by atoms with Crippen molar-refractivity contribution in [2.75, 3.05) is 0 Å². The molecule has 0 amide bonds. The molecule has 0 aromatic carbocycles. The van der Waals surface area contributed by atoms with Gasteiger partial charge in [0, 0.05) is 36.2 Å². The fourth-order valence-corrected chi connectivity index (χ4v) is 5.04. The van der Waals surface area contributed by atoms with Crippen molar-refractivity contribution in [2.24, 2.45) is 35.5 Å². The average Bonchev–Trinajstić information content (AvgIpc) is 2.88. The van der Waals surface area contributed by atoms with Crippen molar-refractivity contribution in [1.82, 2.24) is 0 Å². The SMILES string of the molecule is C=C/C=C\C(C)C1OC(=O)/C=C\C=C\C(C)C(O)CC(O)/C=C\C(C)C(O)C(C)CC(C)CCC(O)C1C. The van der Waals surface area contributed by atoms with E-state index in [1.54, 1.807) is 30.4 Å². The van der Waals surface area contributed by atoms with Crippen LogP contribution in [0, 0.1) is 35.5 Å². The van der Waals surface area contributed by atoms with E-state index in [1.807, 2.05) is 52.8 Å². The summed E-state index contributed by atoms with van der Waals surface area (Å²) >= 11 is 0. The summed E-state index contributed by atoms with van der Waals surface area (Å²) in [5, 5.41) is 42.7. The average molecular weight is 533 g/mol. The summed E-state index contributed by atoms with van der Waals surface area (Å²) in [7, 11) is 0. The van der Waals surface area contributed by atoms with E-state index in [9.17, 15) is 25.2 Å². The van der Waals surface area contributed by atoms with Crippen LogP contribution in [0.1, 0.15) is 67.2 Å². The molecule has 1 rings (SSSR count). The molecule has 0 spiro atoms. The Balaban J connectivity index is 3.17. The molecule has 1 aliphatic rings. The van der Waals surface area contributed by atoms with Crippen molar-refractivity contribution >= 4 is 5.97 Å². The molecular weight excluding hydrogens is 480 g/mol. The van der Waals surface area contributed by atoms with Crippen LogP contribution in [0.2, 0.25) is 0 Å². The highest BCUT2D eigenvalue weighted by molar-refractivity contribution is 5.82. The number of hydrogen-bond acceptors (Lipinski definition) is 6. The summed E-state index contributed by atoms with van der Waals surface area (Å²) in [5.41, 5.74) is 0. The third-order valence-electron chi connectivity index (χ3n) is 7.78. The number of esters is 1. The van der Waals surface area contributed by atoms with Crippen LogP contribution in [0.3, 0.4) is 0 Å². The Morgan fingerprint density at radius 3 is 2.26 bits per heavy atom. The lowest BCUT2D eigenvalue weighted by molar-refractivity contribution is -0.150. The zero-order valence-corrected chi connectivity index (χ0v) is 24.2. The van der Waals surface area contributed by atoms with Crippen molar-refractivity contribution in [3.8, 4) is 0 Å². The van der Waals surface area contributed by atoms with Crippen molar-refractivity contribution in [3.05, 3.63) is 61.3 Å². The molecule has 0 fully saturated rings. The standard InChI is InChI=1S/C32H52O6/c1-8-9-12-24(5)32-26(7)28(34)18-15-21(2)19-25(6)31(37)23(4)16-17-27(33)20-29(35)22(3)13-10-11-14-30(36)38-32/h8-14,16-17,21-29,31-35,37H,1,15,18-20H2,2-7H3/b12-9-,13-10+,14-11-,17-16-. The number of allylic oxidation sites excluding steroid dienone is 4. The van der Waals surface area contributed by atoms with Gasteiger partial charge in [0.25, 0.3) is 0 Å². The molecule has 6 nitrogen and oxygen atoms in total. The highest BCUT2D eigenvalue weighted by Gasteiger charge is 2.31. The Morgan fingerprint density at radius 2 is 1.61 bits per heavy atom. The molecule has 0 saturated carbocycles. The van der Waals surface area contributed by atoms with E-state index >= 15 is 0 Å². The van der Waals surface area contributed by atoms with E-state index in [0.29, 0.717) is 6.42 Å². The molecule has 11 unspecified atom stereocenters. The molecule has 1 aliphatic heterocycles. The molecule has 0 radical (unpaired) electrons. The van der Waals surface area contributed by atoms with Crippen LogP contribution in [0.4, 0.5) is 0 Å². The first-order chi connectivity index (χ1) is 17.9. The zero-order valence-electron chi connectivity index (χ0n) is 24.2. The summed E-state index contributed by atoms with van der Waals surface area (Å²) in [4.78, 5) is 12.6. The number of carbonyl (C=O) groups excluding carboxylic acids is 1. The number of rotatable bonds is 3. The van der Waals surface area contributed by atoms with Crippen LogP contribution in [-0.2, 0) is 9.53 Å². The number of hydrogen-bond donors (Lipinski definition) is 4. The summed E-state index contributed by atoms with van der Waals surface area (Å²) in [6, 6.07) is 0. The normalized spacial score (nSPS) is 40.7. The van der Waals surface area contributed by atoms with Gasteiger partial charge in [0.2, 0.25) is 0 Å². The van der Waals surface area contributed by atoms with Crippen LogP contribution in [-0.4, -0.2) is 56.9 Å². The second kappa shape index (κ2) is 17.6. The van der Waals surface area contributed by atoms with E-state index in [0.717, 1.165) is 12.8 Å². The first-order valence-corrected chi connectivity index (χ1v) is 14.1. The van der Waals surface area contributed by atoms with Crippen molar-refractivity contribution in [1.29, 1.82) is 0 Å². The van der Waals surface area contributed by atoms with Gasteiger partial charge in [-0.25, -0.2) is 4.79 Å². The molecule has 6 heteroatoms. The fraction of sp³-hybridized carbons (Fsp3) is 0.656. The second-order valence-electron chi connectivity index (χ2n) is 11.4. The summed E-state index contributed by atoms with van der Waals surface area (Å²) in [6.45, 7) is 15.5. The van der Waals surface area contributed by atoms with Gasteiger partial charge in [-0.3, -0.25) is 0 Å². The first kappa shape index (κ1) is 34.0. The molecule has 0 bridgehead atoms. The van der Waals surface area contributed by atoms with E-state index in [2.05, 4.69) is 13.5 Å². The predicted octanol–water partition coefficient (Wildman–Crippen LogP) is 5.14. The lowest BCUT2D eigenvalue weighted by atomic mass is 9.82. The number of cyclic esters (lactones) is 1. The van der Waals surface area contributed by atoms with E-state index in [1.165, 1.54) is 6.08 Å². The van der Waals surface area contributed by atoms with Gasteiger partial charge in [-0.15, -0.1) is 0 Å². The maximum Gasteiger partial charge on any atom is 0.331 e. The smallest absolute Gasteiger partial charge is 0.331 e. The number of aliphatic hydroxyl groups is 4. The Kier molecular flexibility index (Phi) is 15.7. The van der Waals surface area contributed by atoms with Gasteiger partial charge in [-0.05, 0) is 31.1 Å². The van der Waals surface area contributed by atoms with E-state index in [-0.39, 0.29) is 41.9 Å². The zero-order chi connectivity index (χ0) is 28.8. The predicted molar refractivity (Wildman–Crippen MR) is 154 cm³/mol. The minimum absolute atomic E-state index is 0.0366. The van der Waals surface area contributed by atoms with E-state index < -0.39 is 36.5 Å². The summed E-state index contributed by atoms with van der Waals surface area (Å²) < 4.78 is 5.81. The van der Waals surface area contributed by atoms with Gasteiger partial charge in [0.15, 0.2) is 0 Å². The van der Waals surface area contributed by atoms with Gasteiger partial charge in [0.05, 0.1) is 24.4 Å². The summed E-state index contributed by atoms with van der Waals surface area (Å²) in [5.74, 6) is -0.976. The quantitative estimate of drug-likeness (QED) is 0.228. The van der Waals surface area contributed by atoms with Crippen LogP contribution in [0.5, 0.6) is 0 Å². The van der Waals surface area contributed by atoms with Crippen LogP contribution in [0.15, 0.2) is 61.3 Å². The van der Waals surface area contributed by atoms with Gasteiger partial charge >= 0.3 is 5.97 Å². The number of aliphatic hydroxyl groups excluding tert-OH is 4. The molecular formula is C32H52O6. The maximum absolute atomic E-state index is 12.6. The van der Waals surface area contributed by atoms with Gasteiger partial charge in [-0.1, -0.05) is 96.7 Å². The number of ether oxygens (including phenoxy) is 1. The Morgan fingerprint density at radius 1 is 0.921 bits per heavy atom. The molecule has 0 saturated heterocycles. The third-order valence-corrected chi connectivity index (χ3v) is 7.78. The lowest BCUT2D eigenvalue weighted by Gasteiger charge is -2.31. The van der Waals surface area contributed by atoms with Crippen molar-refractivity contribution < 1.29 is 30.0 Å². The maximum atomic E-state index is 12.6. The molecule has 216 valence electrons. The second-order valence-corrected chi connectivity index (χ2v) is 11.4. The first-order valence-electron chi connectivity index (χ1n) is 14.1. The van der Waals surface area contributed by atoms with Gasteiger partial charge < -0.3 is 25.2 Å². The van der Waals surface area contributed by atoms with Crippen LogP contribution in [0.25, 0.3) is 0 Å². The fourth-order valence-electron chi connectivity index (χ4n) is 5.04. The Hall–Kier alpha value is -1.99. The molecule has 4 N–H and O–H groups in total. The molecule has 0 aromatic rings. The molecule has 1 heterocycles. The molecule has 0 aliphatic carbocycles. The third kappa shape index (κ3) is 12.2. The number of carbonyl (C=O) groups is 1. The topological polar surface area (TPSA) is 107 Å². The van der Waals surface area contributed by atoms with Gasteiger partial charge in [-0.2, -0.15) is 0 Å². The van der Waals surface area contributed by atoms with Crippen molar-refractivity contribution in [3.63, 3.8) is 0 Å². The van der Waals surface area contributed by atoms with Crippen LogP contribution >= 0.6 is 0 Å². The highest BCUT2D eigenvalue weighted by Crippen LogP contribution is 2.28. The molecule has 38 heavy (non-hydrogen) atoms. The minimum Gasteiger partial charge on any atom is -0.458 e. The highest BCUT2D eigenvalue weighted by atomic mass is 16.5. The minimum atomic E-state index is -0.828. The van der Waals surface area contributed by atoms with Crippen LogP contribution < -0.4 is 0 Å². The Labute approximate surface area is 230 Å². The van der Waals surface area contributed by atoms with E-state index in [4.69, 9.17) is 4.74 Å². The molecule has 0 aromatic heterocycles. The Bertz CT molecular complexity index is 815. The monoisotopic (exact) mass is 532 g/mol. The van der Waals surface area contributed by atoms with Gasteiger partial charge in [0.1, 0.15) is 6.10 Å².